The lowest BCUT2D eigenvalue weighted by Crippen LogP contribution is -2.29. The summed E-state index contributed by atoms with van der Waals surface area (Å²) >= 11 is 0. The molecule has 2 aromatic carbocycles. The monoisotopic (exact) mass is 444 g/mol. The Morgan fingerprint density at radius 2 is 2.09 bits per heavy atom. The Hall–Kier alpha value is -4.08. The molecule has 4 aromatic rings. The number of nitrogens with zero attached hydrogens (tertiary/aromatic N) is 6. The van der Waals surface area contributed by atoms with Gasteiger partial charge in [0.05, 0.1) is 7.11 Å². The highest BCUT2D eigenvalue weighted by Crippen LogP contribution is 2.38. The van der Waals surface area contributed by atoms with Crippen LogP contribution in [0.4, 0.5) is 5.69 Å². The van der Waals surface area contributed by atoms with Crippen LogP contribution in [-0.4, -0.2) is 48.4 Å². The minimum atomic E-state index is -0.638. The Kier molecular flexibility index (Phi) is 5.55. The van der Waals surface area contributed by atoms with E-state index in [1.807, 2.05) is 48.5 Å². The van der Waals surface area contributed by atoms with Gasteiger partial charge in [-0.2, -0.15) is 5.10 Å². The molecular weight excluding hydrogens is 420 g/mol. The fourth-order valence-corrected chi connectivity index (χ4v) is 3.74. The molecule has 33 heavy (non-hydrogen) atoms. The zero-order valence-corrected chi connectivity index (χ0v) is 18.4. The number of nitrogens with one attached hydrogen (secondary N) is 2. The number of rotatable bonds is 8. The number of carbonyl (C=O) groups excluding carboxylic acids is 1. The summed E-state index contributed by atoms with van der Waals surface area (Å²) in [6.45, 7) is 1.77. The second-order valence-electron chi connectivity index (χ2n) is 8.13. The fraction of sp³-hybridized carbons (Fsp3) is 0.304. The average Bonchev–Trinajstić information content (AvgIpc) is 3.40. The molecule has 2 N–H and O–H groups in total. The molecule has 5 rings (SSSR count). The number of aromatic amines is 1. The Morgan fingerprint density at radius 1 is 1.24 bits per heavy atom. The van der Waals surface area contributed by atoms with Gasteiger partial charge < -0.3 is 10.1 Å². The Bertz CT molecular complexity index is 1280. The number of carbonyl (C=O) groups is 1. The molecule has 1 unspecified atom stereocenters. The van der Waals surface area contributed by atoms with Crippen LogP contribution >= 0.6 is 0 Å². The number of methoxy groups -OCH3 is 1. The van der Waals surface area contributed by atoms with E-state index in [1.54, 1.807) is 14.0 Å². The van der Waals surface area contributed by atoms with Crippen molar-refractivity contribution in [1.29, 1.82) is 0 Å². The van der Waals surface area contributed by atoms with Gasteiger partial charge in [-0.3, -0.25) is 9.89 Å². The molecule has 0 radical (unpaired) electrons. The highest BCUT2D eigenvalue weighted by Gasteiger charge is 2.28. The molecule has 0 aliphatic heterocycles. The molecule has 0 spiro atoms. The fourth-order valence-electron chi connectivity index (χ4n) is 3.74. The van der Waals surface area contributed by atoms with E-state index >= 15 is 0 Å². The topological polar surface area (TPSA) is 123 Å². The number of tetrazole rings is 1. The van der Waals surface area contributed by atoms with Gasteiger partial charge in [-0.15, -0.1) is 5.10 Å². The summed E-state index contributed by atoms with van der Waals surface area (Å²) in [7, 11) is 1.61. The summed E-state index contributed by atoms with van der Waals surface area (Å²) in [6.07, 6.45) is 2.70. The third-order valence-corrected chi connectivity index (χ3v) is 5.67. The summed E-state index contributed by atoms with van der Waals surface area (Å²) in [5.41, 5.74) is 2.42. The Balaban J connectivity index is 1.38. The van der Waals surface area contributed by atoms with Gasteiger partial charge in [0.15, 0.2) is 5.82 Å². The van der Waals surface area contributed by atoms with Crippen molar-refractivity contribution in [3.63, 3.8) is 0 Å². The highest BCUT2D eigenvalue weighted by molar-refractivity contribution is 5.94. The van der Waals surface area contributed by atoms with Crippen LogP contribution in [0.1, 0.15) is 42.0 Å². The normalized spacial score (nSPS) is 14.1. The Morgan fingerprint density at radius 3 is 2.85 bits per heavy atom. The first-order valence-electron chi connectivity index (χ1n) is 10.8. The van der Waals surface area contributed by atoms with Crippen LogP contribution in [-0.2, 0) is 11.2 Å². The number of amides is 1. The maximum atomic E-state index is 13.4. The van der Waals surface area contributed by atoms with Crippen molar-refractivity contribution in [1.82, 2.24) is 35.4 Å². The molecule has 10 heteroatoms. The van der Waals surface area contributed by atoms with Gasteiger partial charge in [0, 0.05) is 23.6 Å². The summed E-state index contributed by atoms with van der Waals surface area (Å²) in [5, 5.41) is 22.1. The van der Waals surface area contributed by atoms with Crippen LogP contribution < -0.4 is 10.1 Å². The standard InChI is InChI=1S/C23H24N8O2/c1-14-26-29-30-31(14)20(12-15-5-3-8-19(11-15)33-2)23(32)24-18-7-4-6-17(13-18)22-25-21(27-28-22)16-9-10-16/h3-8,11,13,16,20H,9-10,12H2,1-2H3,(H,24,32)(H,25,27,28). The van der Waals surface area contributed by atoms with Crippen molar-refractivity contribution in [3.8, 4) is 17.1 Å². The van der Waals surface area contributed by atoms with E-state index in [2.05, 4.69) is 36.0 Å². The zero-order valence-electron chi connectivity index (χ0n) is 18.4. The minimum Gasteiger partial charge on any atom is -0.497 e. The zero-order chi connectivity index (χ0) is 22.8. The third kappa shape index (κ3) is 4.59. The molecule has 2 heterocycles. The summed E-state index contributed by atoms with van der Waals surface area (Å²) in [6, 6.07) is 14.5. The van der Waals surface area contributed by atoms with E-state index < -0.39 is 6.04 Å². The van der Waals surface area contributed by atoms with Gasteiger partial charge in [-0.05, 0) is 60.0 Å². The molecule has 10 nitrogen and oxygen atoms in total. The van der Waals surface area contributed by atoms with Crippen molar-refractivity contribution in [2.75, 3.05) is 12.4 Å². The van der Waals surface area contributed by atoms with E-state index in [-0.39, 0.29) is 5.91 Å². The van der Waals surface area contributed by atoms with Crippen LogP contribution in [0.3, 0.4) is 0 Å². The maximum absolute atomic E-state index is 13.4. The highest BCUT2D eigenvalue weighted by atomic mass is 16.5. The predicted octanol–water partition coefficient (Wildman–Crippen LogP) is 3.08. The van der Waals surface area contributed by atoms with Gasteiger partial charge in [-0.1, -0.05) is 24.3 Å². The van der Waals surface area contributed by atoms with Gasteiger partial charge in [-0.25, -0.2) is 9.67 Å². The molecule has 1 atom stereocenters. The lowest BCUT2D eigenvalue weighted by molar-refractivity contribution is -0.119. The molecule has 1 saturated carbocycles. The van der Waals surface area contributed by atoms with E-state index in [0.29, 0.717) is 29.7 Å². The molecule has 1 amide bonds. The van der Waals surface area contributed by atoms with E-state index in [9.17, 15) is 4.79 Å². The SMILES string of the molecule is COc1cccc(CC(C(=O)Nc2cccc(-c3n[nH]c(C4CC4)n3)c2)n2nnnc2C)c1. The lowest BCUT2D eigenvalue weighted by Gasteiger charge is -2.18. The van der Waals surface area contributed by atoms with Gasteiger partial charge in [0.1, 0.15) is 23.4 Å². The second-order valence-corrected chi connectivity index (χ2v) is 8.13. The van der Waals surface area contributed by atoms with Crippen molar-refractivity contribution in [2.45, 2.75) is 38.1 Å². The number of hydrogen-bond donors (Lipinski definition) is 2. The molecule has 1 aliphatic carbocycles. The summed E-state index contributed by atoms with van der Waals surface area (Å²) in [5.74, 6) is 3.10. The number of H-pyrrole nitrogens is 1. The van der Waals surface area contributed by atoms with Crippen LogP contribution in [0.25, 0.3) is 11.4 Å². The van der Waals surface area contributed by atoms with Crippen LogP contribution in [0.15, 0.2) is 48.5 Å². The first kappa shape index (κ1) is 20.8. The minimum absolute atomic E-state index is 0.223. The lowest BCUT2D eigenvalue weighted by atomic mass is 10.0. The first-order valence-corrected chi connectivity index (χ1v) is 10.8. The maximum Gasteiger partial charge on any atom is 0.249 e. The predicted molar refractivity (Wildman–Crippen MR) is 121 cm³/mol. The molecule has 1 fully saturated rings. The van der Waals surface area contributed by atoms with Gasteiger partial charge in [0.25, 0.3) is 0 Å². The number of hydrogen-bond acceptors (Lipinski definition) is 7. The Labute approximate surface area is 190 Å². The van der Waals surface area contributed by atoms with Gasteiger partial charge >= 0.3 is 0 Å². The smallest absolute Gasteiger partial charge is 0.249 e. The van der Waals surface area contributed by atoms with Crippen LogP contribution in [0.5, 0.6) is 5.75 Å². The number of anilines is 1. The van der Waals surface area contributed by atoms with E-state index in [4.69, 9.17) is 4.74 Å². The molecule has 1 aliphatic rings. The quantitative estimate of drug-likeness (QED) is 0.428. The molecule has 0 bridgehead atoms. The average molecular weight is 444 g/mol. The van der Waals surface area contributed by atoms with Crippen molar-refractivity contribution >= 4 is 11.6 Å². The molecule has 0 saturated heterocycles. The molecular formula is C23H24N8O2. The first-order chi connectivity index (χ1) is 16.1. The number of aromatic nitrogens is 7. The summed E-state index contributed by atoms with van der Waals surface area (Å²) < 4.78 is 6.86. The number of ether oxygens (including phenoxy) is 1. The van der Waals surface area contributed by atoms with E-state index in [0.717, 1.165) is 35.5 Å². The molecule has 168 valence electrons. The third-order valence-electron chi connectivity index (χ3n) is 5.67. The second kappa shape index (κ2) is 8.81. The molecule has 2 aromatic heterocycles. The van der Waals surface area contributed by atoms with Crippen molar-refractivity contribution in [2.24, 2.45) is 0 Å². The van der Waals surface area contributed by atoms with Crippen LogP contribution in [0.2, 0.25) is 0 Å². The number of benzene rings is 2. The van der Waals surface area contributed by atoms with Crippen LogP contribution in [0, 0.1) is 6.92 Å². The van der Waals surface area contributed by atoms with Crippen molar-refractivity contribution in [3.05, 3.63) is 65.7 Å². The van der Waals surface area contributed by atoms with E-state index in [1.165, 1.54) is 4.68 Å². The number of aryl methyl sites for hydroxylation is 1. The largest absolute Gasteiger partial charge is 0.497 e. The summed E-state index contributed by atoms with van der Waals surface area (Å²) in [4.78, 5) is 18.0. The van der Waals surface area contributed by atoms with Gasteiger partial charge in [0.2, 0.25) is 5.91 Å². The van der Waals surface area contributed by atoms with Crippen molar-refractivity contribution < 1.29 is 9.53 Å².